The molecule has 6 nitrogen and oxygen atoms in total. The Bertz CT molecular complexity index is 484. The van der Waals surface area contributed by atoms with E-state index in [4.69, 9.17) is 10.8 Å². The Morgan fingerprint density at radius 1 is 1.29 bits per heavy atom. The third kappa shape index (κ3) is 3.95. The van der Waals surface area contributed by atoms with Crippen LogP contribution in [0.4, 0.5) is 4.79 Å². The average molecular weight is 291 g/mol. The van der Waals surface area contributed by atoms with Gasteiger partial charge in [-0.3, -0.25) is 4.79 Å². The molecule has 1 saturated heterocycles. The van der Waals surface area contributed by atoms with E-state index >= 15 is 0 Å². The van der Waals surface area contributed by atoms with Crippen molar-refractivity contribution in [3.05, 3.63) is 35.9 Å². The summed E-state index contributed by atoms with van der Waals surface area (Å²) in [5.74, 6) is 0.102. The number of primary amides is 1. The zero-order chi connectivity index (χ0) is 15.2. The number of likely N-dealkylation sites (tertiary alicyclic amines) is 1. The Hall–Kier alpha value is -2.08. The van der Waals surface area contributed by atoms with E-state index in [0.717, 1.165) is 12.8 Å². The van der Waals surface area contributed by atoms with Crippen LogP contribution >= 0.6 is 0 Å². The molecule has 1 aliphatic heterocycles. The molecule has 114 valence electrons. The van der Waals surface area contributed by atoms with Crippen LogP contribution in [0.3, 0.4) is 0 Å². The number of amides is 3. The molecule has 0 spiro atoms. The number of carbonyl (C=O) groups is 2. The Kier molecular flexibility index (Phi) is 5.16. The van der Waals surface area contributed by atoms with Crippen LogP contribution in [0, 0.1) is 5.92 Å². The maximum atomic E-state index is 12.6. The van der Waals surface area contributed by atoms with Gasteiger partial charge in [0.15, 0.2) is 0 Å². The first-order valence-electron chi connectivity index (χ1n) is 7.12. The van der Waals surface area contributed by atoms with Gasteiger partial charge in [-0.25, -0.2) is 4.79 Å². The summed E-state index contributed by atoms with van der Waals surface area (Å²) >= 11 is 0. The van der Waals surface area contributed by atoms with Crippen LogP contribution in [0.15, 0.2) is 30.3 Å². The third-order valence-electron chi connectivity index (χ3n) is 3.85. The highest BCUT2D eigenvalue weighted by atomic mass is 16.3. The van der Waals surface area contributed by atoms with Crippen molar-refractivity contribution in [3.8, 4) is 0 Å². The largest absolute Gasteiger partial charge is 0.396 e. The van der Waals surface area contributed by atoms with Crippen LogP contribution in [0.25, 0.3) is 0 Å². The van der Waals surface area contributed by atoms with E-state index in [1.165, 1.54) is 0 Å². The van der Waals surface area contributed by atoms with E-state index < -0.39 is 12.1 Å². The minimum absolute atomic E-state index is 0.156. The van der Waals surface area contributed by atoms with Crippen molar-refractivity contribution in [1.82, 2.24) is 10.2 Å². The van der Waals surface area contributed by atoms with Gasteiger partial charge in [0, 0.05) is 19.7 Å². The molecule has 0 saturated carbocycles. The normalized spacial score (nSPS) is 17.3. The first-order chi connectivity index (χ1) is 10.1. The van der Waals surface area contributed by atoms with E-state index in [-0.39, 0.29) is 18.4 Å². The number of aliphatic hydroxyl groups is 1. The zero-order valence-electron chi connectivity index (χ0n) is 11.9. The molecule has 0 aromatic heterocycles. The lowest BCUT2D eigenvalue weighted by Crippen LogP contribution is -2.47. The van der Waals surface area contributed by atoms with Crippen molar-refractivity contribution < 1.29 is 14.7 Å². The van der Waals surface area contributed by atoms with Crippen LogP contribution < -0.4 is 11.1 Å². The van der Waals surface area contributed by atoms with E-state index in [9.17, 15) is 9.59 Å². The lowest BCUT2D eigenvalue weighted by molar-refractivity contribution is -0.135. The van der Waals surface area contributed by atoms with Gasteiger partial charge in [0.2, 0.25) is 5.91 Å². The van der Waals surface area contributed by atoms with Crippen molar-refractivity contribution in [2.75, 3.05) is 19.7 Å². The third-order valence-corrected chi connectivity index (χ3v) is 3.85. The summed E-state index contributed by atoms with van der Waals surface area (Å²) in [4.78, 5) is 25.5. The molecule has 6 heteroatoms. The van der Waals surface area contributed by atoms with Crippen molar-refractivity contribution in [2.45, 2.75) is 18.9 Å². The number of nitrogens with one attached hydrogen (secondary N) is 1. The van der Waals surface area contributed by atoms with Crippen molar-refractivity contribution >= 4 is 11.9 Å². The van der Waals surface area contributed by atoms with Gasteiger partial charge in [-0.1, -0.05) is 30.3 Å². The van der Waals surface area contributed by atoms with E-state index in [2.05, 4.69) is 5.32 Å². The van der Waals surface area contributed by atoms with Crippen LogP contribution in [0.1, 0.15) is 24.4 Å². The molecule has 1 fully saturated rings. The summed E-state index contributed by atoms with van der Waals surface area (Å²) in [7, 11) is 0. The van der Waals surface area contributed by atoms with E-state index in [0.29, 0.717) is 18.7 Å². The molecule has 1 atom stereocenters. The molecule has 1 aromatic rings. The van der Waals surface area contributed by atoms with E-state index in [1.807, 2.05) is 18.2 Å². The smallest absolute Gasteiger partial charge is 0.313 e. The lowest BCUT2D eigenvalue weighted by atomic mass is 9.96. The molecular weight excluding hydrogens is 270 g/mol. The van der Waals surface area contributed by atoms with Crippen molar-refractivity contribution in [2.24, 2.45) is 11.7 Å². The molecular formula is C15H21N3O3. The predicted octanol–water partition coefficient (Wildman–Crippen LogP) is 0.627. The Morgan fingerprint density at radius 3 is 2.43 bits per heavy atom. The number of rotatable bonds is 4. The molecule has 1 unspecified atom stereocenters. The molecule has 0 bridgehead atoms. The zero-order valence-corrected chi connectivity index (χ0v) is 11.9. The topological polar surface area (TPSA) is 95.7 Å². The second-order valence-electron chi connectivity index (χ2n) is 5.30. The van der Waals surface area contributed by atoms with Gasteiger partial charge in [0.25, 0.3) is 0 Å². The monoisotopic (exact) mass is 291 g/mol. The highest BCUT2D eigenvalue weighted by molar-refractivity contribution is 5.87. The Labute approximate surface area is 123 Å². The fraction of sp³-hybridized carbons (Fsp3) is 0.467. The van der Waals surface area contributed by atoms with Crippen LogP contribution in [-0.2, 0) is 4.79 Å². The highest BCUT2D eigenvalue weighted by Gasteiger charge is 2.29. The SMILES string of the molecule is NC(=O)NC(C(=O)N1CCC(CO)CC1)c1ccccc1. The molecule has 1 heterocycles. The number of aliphatic hydroxyl groups excluding tert-OH is 1. The average Bonchev–Trinajstić information content (AvgIpc) is 2.53. The van der Waals surface area contributed by atoms with Crippen LogP contribution in [0.5, 0.6) is 0 Å². The second kappa shape index (κ2) is 7.08. The summed E-state index contributed by atoms with van der Waals surface area (Å²) < 4.78 is 0. The molecule has 1 aliphatic rings. The van der Waals surface area contributed by atoms with Crippen molar-refractivity contribution in [1.29, 1.82) is 0 Å². The maximum absolute atomic E-state index is 12.6. The van der Waals surface area contributed by atoms with Gasteiger partial charge < -0.3 is 21.1 Å². The van der Waals surface area contributed by atoms with Crippen LogP contribution in [0.2, 0.25) is 0 Å². The number of piperidine rings is 1. The number of hydrogen-bond donors (Lipinski definition) is 3. The number of urea groups is 1. The minimum Gasteiger partial charge on any atom is -0.396 e. The molecule has 4 N–H and O–H groups in total. The van der Waals surface area contributed by atoms with Crippen molar-refractivity contribution in [3.63, 3.8) is 0 Å². The summed E-state index contributed by atoms with van der Waals surface area (Å²) in [6.07, 6.45) is 1.56. The summed E-state index contributed by atoms with van der Waals surface area (Å²) in [6.45, 7) is 1.34. The number of nitrogens with two attached hydrogens (primary N) is 1. The molecule has 3 amide bonds. The summed E-state index contributed by atoms with van der Waals surface area (Å²) in [5, 5.41) is 11.7. The Morgan fingerprint density at radius 2 is 1.90 bits per heavy atom. The fourth-order valence-electron chi connectivity index (χ4n) is 2.59. The van der Waals surface area contributed by atoms with Gasteiger partial charge in [-0.2, -0.15) is 0 Å². The molecule has 21 heavy (non-hydrogen) atoms. The van der Waals surface area contributed by atoms with Gasteiger partial charge >= 0.3 is 6.03 Å². The minimum atomic E-state index is -0.755. The van der Waals surface area contributed by atoms with Crippen LogP contribution in [-0.4, -0.2) is 41.6 Å². The standard InChI is InChI=1S/C15H21N3O3/c16-15(21)17-13(12-4-2-1-3-5-12)14(20)18-8-6-11(10-19)7-9-18/h1-5,11,13,19H,6-10H2,(H3,16,17,21). The van der Waals surface area contributed by atoms with Gasteiger partial charge in [0.1, 0.15) is 6.04 Å². The first kappa shape index (κ1) is 15.3. The first-order valence-corrected chi connectivity index (χ1v) is 7.12. The Balaban J connectivity index is 2.10. The summed E-state index contributed by atoms with van der Waals surface area (Å²) in [6, 6.07) is 7.59. The number of hydrogen-bond acceptors (Lipinski definition) is 3. The molecule has 1 aromatic carbocycles. The van der Waals surface area contributed by atoms with Gasteiger partial charge in [-0.05, 0) is 24.3 Å². The predicted molar refractivity (Wildman–Crippen MR) is 78.3 cm³/mol. The maximum Gasteiger partial charge on any atom is 0.313 e. The molecule has 0 radical (unpaired) electrons. The van der Waals surface area contributed by atoms with Gasteiger partial charge in [-0.15, -0.1) is 0 Å². The summed E-state index contributed by atoms with van der Waals surface area (Å²) in [5.41, 5.74) is 5.90. The lowest BCUT2D eigenvalue weighted by Gasteiger charge is -2.33. The number of nitrogens with zero attached hydrogens (tertiary/aromatic N) is 1. The second-order valence-corrected chi connectivity index (χ2v) is 5.30. The number of carbonyl (C=O) groups excluding carboxylic acids is 2. The molecule has 0 aliphatic carbocycles. The number of benzene rings is 1. The highest BCUT2D eigenvalue weighted by Crippen LogP contribution is 2.21. The molecule has 2 rings (SSSR count). The fourth-order valence-corrected chi connectivity index (χ4v) is 2.59. The van der Waals surface area contributed by atoms with E-state index in [1.54, 1.807) is 17.0 Å². The van der Waals surface area contributed by atoms with Gasteiger partial charge in [0.05, 0.1) is 0 Å². The quantitative estimate of drug-likeness (QED) is 0.759.